The highest BCUT2D eigenvalue weighted by Gasteiger charge is 2.61. The molecule has 2 N–H and O–H groups in total. The molecule has 7 heteroatoms. The normalized spacial score (nSPS) is 22.0. The fourth-order valence-electron chi connectivity index (χ4n) is 1.94. The maximum atomic E-state index is 13.0. The van der Waals surface area contributed by atoms with Crippen LogP contribution in [0.15, 0.2) is 30.5 Å². The summed E-state index contributed by atoms with van der Waals surface area (Å²) in [4.78, 5) is 0. The lowest BCUT2D eigenvalue weighted by molar-refractivity contribution is -0.345. The van der Waals surface area contributed by atoms with Gasteiger partial charge >= 0.3 is 12.0 Å². The zero-order valence-corrected chi connectivity index (χ0v) is 8.82. The number of hydrogen-bond acceptors (Lipinski definition) is 3. The van der Waals surface area contributed by atoms with Crippen molar-refractivity contribution >= 4 is 0 Å². The second-order valence-electron chi connectivity index (χ2n) is 3.90. The number of nitrogens with zero attached hydrogens (tertiary/aromatic N) is 1. The highest BCUT2D eigenvalue weighted by atomic mass is 19.4. The first-order valence-electron chi connectivity index (χ1n) is 5.05. The van der Waals surface area contributed by atoms with Gasteiger partial charge in [0.2, 0.25) is 0 Å². The minimum atomic E-state index is -4.96. The van der Waals surface area contributed by atoms with Crippen molar-refractivity contribution in [2.45, 2.75) is 12.0 Å². The first-order valence-corrected chi connectivity index (χ1v) is 5.05. The van der Waals surface area contributed by atoms with Crippen molar-refractivity contribution in [3.8, 4) is 17.0 Å². The summed E-state index contributed by atoms with van der Waals surface area (Å²) < 4.78 is 43.6. The number of halogens is 3. The van der Waals surface area contributed by atoms with Crippen LogP contribution in [0.2, 0.25) is 0 Å². The van der Waals surface area contributed by atoms with E-state index in [9.17, 15) is 18.3 Å². The predicted molar refractivity (Wildman–Crippen MR) is 54.6 cm³/mol. The van der Waals surface area contributed by atoms with Crippen LogP contribution < -0.4 is 4.74 Å². The number of ether oxygens (including phenoxy) is 1. The maximum Gasteiger partial charge on any atom is 0.460 e. The van der Waals surface area contributed by atoms with E-state index in [4.69, 9.17) is 4.74 Å². The van der Waals surface area contributed by atoms with Gasteiger partial charge in [0, 0.05) is 5.56 Å². The van der Waals surface area contributed by atoms with Gasteiger partial charge in [-0.1, -0.05) is 12.1 Å². The Labute approximate surface area is 99.0 Å². The Morgan fingerprint density at radius 1 is 1.28 bits per heavy atom. The van der Waals surface area contributed by atoms with Gasteiger partial charge in [0.05, 0.1) is 17.5 Å². The molecule has 1 aliphatic rings. The highest BCUT2D eigenvalue weighted by molar-refractivity contribution is 5.72. The quantitative estimate of drug-likeness (QED) is 0.759. The van der Waals surface area contributed by atoms with E-state index in [-0.39, 0.29) is 11.4 Å². The summed E-state index contributed by atoms with van der Waals surface area (Å²) in [6.07, 6.45) is -4.04. The molecule has 1 aromatic carbocycles. The molecule has 0 aliphatic carbocycles. The largest absolute Gasteiger partial charge is 0.460 e. The van der Waals surface area contributed by atoms with Crippen LogP contribution in [0.25, 0.3) is 11.3 Å². The van der Waals surface area contributed by atoms with E-state index in [1.54, 1.807) is 12.1 Å². The first-order chi connectivity index (χ1) is 8.43. The summed E-state index contributed by atoms with van der Waals surface area (Å²) in [7, 11) is 0. The minimum Gasteiger partial charge on any atom is -0.449 e. The molecular weight excluding hydrogens is 249 g/mol. The van der Waals surface area contributed by atoms with E-state index in [1.807, 2.05) is 0 Å². The van der Waals surface area contributed by atoms with Crippen molar-refractivity contribution in [2.24, 2.45) is 0 Å². The molecule has 0 fully saturated rings. The van der Waals surface area contributed by atoms with Crippen LogP contribution >= 0.6 is 0 Å². The third-order valence-corrected chi connectivity index (χ3v) is 2.80. The number of aromatic nitrogens is 2. The summed E-state index contributed by atoms with van der Waals surface area (Å²) in [5.74, 6) is -3.42. The number of nitrogens with one attached hydrogen (secondary N) is 1. The molecule has 0 amide bonds. The van der Waals surface area contributed by atoms with Crippen molar-refractivity contribution in [3.05, 3.63) is 36.0 Å². The van der Waals surface area contributed by atoms with Crippen LogP contribution in [0.3, 0.4) is 0 Å². The first kappa shape index (κ1) is 11.1. The summed E-state index contributed by atoms with van der Waals surface area (Å²) in [5, 5.41) is 15.8. The monoisotopic (exact) mass is 256 g/mol. The van der Waals surface area contributed by atoms with Crippen molar-refractivity contribution in [1.82, 2.24) is 10.2 Å². The molecule has 1 aromatic heterocycles. The van der Waals surface area contributed by atoms with Gasteiger partial charge in [0.1, 0.15) is 5.75 Å². The second-order valence-corrected chi connectivity index (χ2v) is 3.90. The number of fused-ring (bicyclic) bond motifs is 3. The average Bonchev–Trinajstić information content (AvgIpc) is 2.77. The standard InChI is InChI=1S/C11H7F3N2O2/c12-11(13,14)10(17)7-5-15-16-9(7)6-3-1-2-4-8(6)18-10/h1-5,17H,(H,15,16). The molecule has 0 bridgehead atoms. The van der Waals surface area contributed by atoms with Gasteiger partial charge in [-0.25, -0.2) is 0 Å². The molecule has 0 spiro atoms. The molecule has 1 unspecified atom stereocenters. The van der Waals surface area contributed by atoms with E-state index < -0.39 is 17.5 Å². The van der Waals surface area contributed by atoms with Crippen molar-refractivity contribution < 1.29 is 23.0 Å². The molecule has 4 nitrogen and oxygen atoms in total. The Morgan fingerprint density at radius 2 is 2.00 bits per heavy atom. The SMILES string of the molecule is OC1(C(F)(F)F)Oc2ccccc2-c2[nH]ncc21. The Kier molecular flexibility index (Phi) is 2.01. The molecule has 2 aromatic rings. The lowest BCUT2D eigenvalue weighted by Crippen LogP contribution is -2.48. The Balaban J connectivity index is 2.28. The molecule has 3 rings (SSSR count). The zero-order chi connectivity index (χ0) is 13.0. The van der Waals surface area contributed by atoms with Crippen LogP contribution in [0.1, 0.15) is 5.56 Å². The van der Waals surface area contributed by atoms with E-state index in [1.165, 1.54) is 12.1 Å². The van der Waals surface area contributed by atoms with Crippen molar-refractivity contribution in [1.29, 1.82) is 0 Å². The number of para-hydroxylation sites is 1. The van der Waals surface area contributed by atoms with Gasteiger partial charge in [-0.2, -0.15) is 18.3 Å². The molecule has 1 atom stereocenters. The number of aliphatic hydroxyl groups is 1. The lowest BCUT2D eigenvalue weighted by Gasteiger charge is -2.34. The van der Waals surface area contributed by atoms with Crippen LogP contribution in [0.4, 0.5) is 13.2 Å². The fraction of sp³-hybridized carbons (Fsp3) is 0.182. The van der Waals surface area contributed by atoms with Gasteiger partial charge < -0.3 is 9.84 Å². The molecule has 0 radical (unpaired) electrons. The lowest BCUT2D eigenvalue weighted by atomic mass is 9.97. The molecular formula is C11H7F3N2O2. The molecule has 94 valence electrons. The minimum absolute atomic E-state index is 0.0472. The highest BCUT2D eigenvalue weighted by Crippen LogP contribution is 2.49. The zero-order valence-electron chi connectivity index (χ0n) is 8.82. The summed E-state index contributed by atoms with van der Waals surface area (Å²) >= 11 is 0. The predicted octanol–water partition coefficient (Wildman–Crippen LogP) is 2.18. The third-order valence-electron chi connectivity index (χ3n) is 2.80. The Bertz CT molecular complexity index is 608. The maximum absolute atomic E-state index is 13.0. The topological polar surface area (TPSA) is 58.1 Å². The van der Waals surface area contributed by atoms with Crippen LogP contribution in [0.5, 0.6) is 5.75 Å². The number of H-pyrrole nitrogens is 1. The number of benzene rings is 1. The molecule has 18 heavy (non-hydrogen) atoms. The second kappa shape index (κ2) is 3.26. The van der Waals surface area contributed by atoms with Crippen molar-refractivity contribution in [2.75, 3.05) is 0 Å². The van der Waals surface area contributed by atoms with E-state index in [2.05, 4.69) is 10.2 Å². The fourth-order valence-corrected chi connectivity index (χ4v) is 1.94. The van der Waals surface area contributed by atoms with Gasteiger partial charge in [0.25, 0.3) is 0 Å². The van der Waals surface area contributed by atoms with Gasteiger partial charge in [-0.15, -0.1) is 0 Å². The van der Waals surface area contributed by atoms with E-state index >= 15 is 0 Å². The smallest absolute Gasteiger partial charge is 0.449 e. The molecule has 2 heterocycles. The van der Waals surface area contributed by atoms with E-state index in [0.29, 0.717) is 5.56 Å². The molecule has 0 saturated carbocycles. The van der Waals surface area contributed by atoms with Crippen molar-refractivity contribution in [3.63, 3.8) is 0 Å². The van der Waals surface area contributed by atoms with E-state index in [0.717, 1.165) is 6.20 Å². The summed E-state index contributed by atoms with van der Waals surface area (Å²) in [6, 6.07) is 6.12. The van der Waals surface area contributed by atoms with Gasteiger partial charge in [-0.05, 0) is 12.1 Å². The van der Waals surface area contributed by atoms with Crippen LogP contribution in [-0.4, -0.2) is 21.5 Å². The summed E-state index contributed by atoms with van der Waals surface area (Å²) in [5.41, 5.74) is 0.101. The van der Waals surface area contributed by atoms with Gasteiger partial charge in [-0.3, -0.25) is 5.10 Å². The number of alkyl halides is 3. The molecule has 0 saturated heterocycles. The number of hydrogen-bond donors (Lipinski definition) is 2. The Hall–Kier alpha value is -2.02. The third kappa shape index (κ3) is 1.28. The van der Waals surface area contributed by atoms with Gasteiger partial charge in [0.15, 0.2) is 0 Å². The molecule has 1 aliphatic heterocycles. The number of rotatable bonds is 0. The summed E-state index contributed by atoms with van der Waals surface area (Å²) in [6.45, 7) is 0. The van der Waals surface area contributed by atoms with Crippen LogP contribution in [0, 0.1) is 0 Å². The number of aromatic amines is 1. The Morgan fingerprint density at radius 3 is 2.72 bits per heavy atom. The average molecular weight is 256 g/mol. The van der Waals surface area contributed by atoms with Crippen LogP contribution in [-0.2, 0) is 5.79 Å².